The second-order valence-corrected chi connectivity index (χ2v) is 10.2. The summed E-state index contributed by atoms with van der Waals surface area (Å²) in [7, 11) is 0. The van der Waals surface area contributed by atoms with Gasteiger partial charge in [-0.3, -0.25) is 24.1 Å². The van der Waals surface area contributed by atoms with E-state index >= 15 is 0 Å². The molecule has 0 bridgehead atoms. The number of nitrogens with one attached hydrogen (secondary N) is 1. The third kappa shape index (κ3) is 6.72. The number of halogens is 1. The van der Waals surface area contributed by atoms with Crippen LogP contribution in [0.1, 0.15) is 25.3 Å². The first-order valence-corrected chi connectivity index (χ1v) is 13.4. The molecule has 2 heterocycles. The predicted octanol–water partition coefficient (Wildman–Crippen LogP) is 4.52. The number of rotatable bonds is 9. The van der Waals surface area contributed by atoms with Gasteiger partial charge in [-0.25, -0.2) is 0 Å². The topological polar surface area (TPSA) is 105 Å². The van der Waals surface area contributed by atoms with Crippen LogP contribution in [-0.2, 0) is 14.4 Å². The van der Waals surface area contributed by atoms with Gasteiger partial charge < -0.3 is 19.7 Å². The summed E-state index contributed by atoms with van der Waals surface area (Å²) in [5.74, 6) is -0.256. The molecule has 11 heteroatoms. The molecule has 0 aromatic heterocycles. The van der Waals surface area contributed by atoms with Crippen LogP contribution in [0.15, 0.2) is 51.8 Å². The van der Waals surface area contributed by atoms with Gasteiger partial charge in [0.05, 0.1) is 17.2 Å². The van der Waals surface area contributed by atoms with Gasteiger partial charge >= 0.3 is 0 Å². The number of hydrogen-bond donors (Lipinski definition) is 1. The van der Waals surface area contributed by atoms with Crippen LogP contribution in [0.4, 0.5) is 10.5 Å². The summed E-state index contributed by atoms with van der Waals surface area (Å²) in [6.07, 6.45) is 3.58. The zero-order valence-electron chi connectivity index (χ0n) is 20.2. The third-order valence-electron chi connectivity index (χ3n) is 5.70. The molecule has 2 aromatic rings. The van der Waals surface area contributed by atoms with E-state index in [0.717, 1.165) is 42.6 Å². The van der Waals surface area contributed by atoms with E-state index < -0.39 is 23.6 Å². The maximum atomic E-state index is 12.9. The number of para-hydroxylation sites is 1. The summed E-state index contributed by atoms with van der Waals surface area (Å²) in [5.41, 5.74) is 1.16. The molecule has 0 aliphatic carbocycles. The van der Waals surface area contributed by atoms with E-state index in [9.17, 15) is 19.2 Å². The van der Waals surface area contributed by atoms with E-state index in [1.54, 1.807) is 47.4 Å². The van der Waals surface area contributed by atoms with E-state index in [1.165, 1.54) is 0 Å². The predicted molar refractivity (Wildman–Crippen MR) is 144 cm³/mol. The zero-order chi connectivity index (χ0) is 26.4. The fourth-order valence-corrected chi connectivity index (χ4v) is 5.11. The zero-order valence-corrected chi connectivity index (χ0v) is 22.6. The summed E-state index contributed by atoms with van der Waals surface area (Å²) in [6, 6.07) is 12.1. The second kappa shape index (κ2) is 12.3. The first-order valence-electron chi connectivity index (χ1n) is 11.8. The number of imide groups is 1. The number of likely N-dealkylation sites (tertiary alicyclic amines) is 1. The highest BCUT2D eigenvalue weighted by molar-refractivity contribution is 9.10. The summed E-state index contributed by atoms with van der Waals surface area (Å²) in [5, 5.41) is 2.17. The molecule has 2 aliphatic heterocycles. The van der Waals surface area contributed by atoms with E-state index in [2.05, 4.69) is 21.2 Å². The molecule has 0 unspecified atom stereocenters. The Balaban J connectivity index is 1.42. The van der Waals surface area contributed by atoms with E-state index in [1.807, 2.05) is 13.0 Å². The van der Waals surface area contributed by atoms with Gasteiger partial charge in [-0.15, -0.1) is 0 Å². The fourth-order valence-electron chi connectivity index (χ4n) is 3.88. The molecule has 0 atom stereocenters. The van der Waals surface area contributed by atoms with Crippen LogP contribution in [0, 0.1) is 0 Å². The highest BCUT2D eigenvalue weighted by Crippen LogP contribution is 2.35. The van der Waals surface area contributed by atoms with E-state index in [-0.39, 0.29) is 17.4 Å². The van der Waals surface area contributed by atoms with Gasteiger partial charge in [0, 0.05) is 17.6 Å². The first-order chi connectivity index (χ1) is 17.9. The molecule has 9 nitrogen and oxygen atoms in total. The number of anilines is 1. The monoisotopic (exact) mass is 587 g/mol. The summed E-state index contributed by atoms with van der Waals surface area (Å²) in [4.78, 5) is 53.0. The molecule has 2 saturated heterocycles. The van der Waals surface area contributed by atoms with E-state index in [4.69, 9.17) is 9.47 Å². The van der Waals surface area contributed by atoms with Crippen molar-refractivity contribution in [2.75, 3.05) is 38.2 Å². The maximum absolute atomic E-state index is 12.9. The van der Waals surface area contributed by atoms with Crippen molar-refractivity contribution in [2.24, 2.45) is 0 Å². The van der Waals surface area contributed by atoms with Crippen molar-refractivity contribution in [1.29, 1.82) is 0 Å². The Bertz CT molecular complexity index is 1240. The first kappa shape index (κ1) is 26.7. The Morgan fingerprint density at radius 3 is 2.57 bits per heavy atom. The van der Waals surface area contributed by atoms with Crippen molar-refractivity contribution in [3.05, 3.63) is 57.4 Å². The molecule has 2 fully saturated rings. The number of nitrogens with zero attached hydrogens (tertiary/aromatic N) is 2. The molecule has 0 radical (unpaired) electrons. The minimum atomic E-state index is -0.549. The molecule has 2 aliphatic rings. The Labute approximate surface area is 227 Å². The number of carbonyl (C=O) groups is 4. The van der Waals surface area contributed by atoms with Gasteiger partial charge in [-0.2, -0.15) is 0 Å². The van der Waals surface area contributed by atoms with Crippen molar-refractivity contribution in [3.8, 4) is 11.5 Å². The Morgan fingerprint density at radius 1 is 1.08 bits per heavy atom. The molecule has 4 amide bonds. The lowest BCUT2D eigenvalue weighted by atomic mass is 10.2. The minimum Gasteiger partial charge on any atom is -0.490 e. The van der Waals surface area contributed by atoms with Gasteiger partial charge in [0.25, 0.3) is 17.1 Å². The van der Waals surface area contributed by atoms with Crippen LogP contribution in [0.5, 0.6) is 11.5 Å². The molecule has 1 N–H and O–H groups in total. The molecule has 2 aromatic carbocycles. The second-order valence-electron chi connectivity index (χ2n) is 8.31. The van der Waals surface area contributed by atoms with Crippen LogP contribution in [-0.4, -0.2) is 65.6 Å². The van der Waals surface area contributed by atoms with E-state index in [0.29, 0.717) is 33.8 Å². The van der Waals surface area contributed by atoms with Crippen LogP contribution < -0.4 is 14.8 Å². The van der Waals surface area contributed by atoms with Gasteiger partial charge in [-0.05, 0) is 83.4 Å². The SMILES string of the molecule is CCOc1cc(/C=C2\SC(=O)N(CC(=O)Nc3ccccc3Br)C2=O)ccc1OCC(=O)N1CCCC1. The molecule has 0 saturated carbocycles. The van der Waals surface area contributed by atoms with Crippen LogP contribution in [0.25, 0.3) is 6.08 Å². The number of carbonyl (C=O) groups excluding carboxylic acids is 4. The van der Waals surface area contributed by atoms with Crippen molar-refractivity contribution in [3.63, 3.8) is 0 Å². The van der Waals surface area contributed by atoms with Crippen molar-refractivity contribution in [1.82, 2.24) is 9.80 Å². The van der Waals surface area contributed by atoms with Gasteiger partial charge in [0.1, 0.15) is 6.54 Å². The lowest BCUT2D eigenvalue weighted by Gasteiger charge is -2.17. The minimum absolute atomic E-state index is 0.0682. The number of hydrogen-bond acceptors (Lipinski definition) is 7. The fraction of sp³-hybridized carbons (Fsp3) is 0.308. The number of ether oxygens (including phenoxy) is 2. The maximum Gasteiger partial charge on any atom is 0.294 e. The van der Waals surface area contributed by atoms with Crippen LogP contribution >= 0.6 is 27.7 Å². The smallest absolute Gasteiger partial charge is 0.294 e. The molecular formula is C26H26BrN3O6S. The van der Waals surface area contributed by atoms with Gasteiger partial charge in [0.2, 0.25) is 5.91 Å². The third-order valence-corrected chi connectivity index (χ3v) is 7.30. The molecular weight excluding hydrogens is 562 g/mol. The Morgan fingerprint density at radius 2 is 1.84 bits per heavy atom. The number of amides is 4. The van der Waals surface area contributed by atoms with Crippen molar-refractivity contribution >= 4 is 62.4 Å². The quantitative estimate of drug-likeness (QED) is 0.430. The van der Waals surface area contributed by atoms with Crippen LogP contribution in [0.2, 0.25) is 0 Å². The highest BCUT2D eigenvalue weighted by atomic mass is 79.9. The number of benzene rings is 2. The summed E-state index contributed by atoms with van der Waals surface area (Å²) < 4.78 is 12.1. The Hall–Kier alpha value is -3.31. The van der Waals surface area contributed by atoms with Gasteiger partial charge in [-0.1, -0.05) is 18.2 Å². The van der Waals surface area contributed by atoms with Crippen molar-refractivity contribution < 1.29 is 28.7 Å². The lowest BCUT2D eigenvalue weighted by molar-refractivity contribution is -0.132. The normalized spacial score (nSPS) is 16.4. The molecule has 4 rings (SSSR count). The summed E-state index contributed by atoms with van der Waals surface area (Å²) in [6.45, 7) is 3.23. The molecule has 37 heavy (non-hydrogen) atoms. The van der Waals surface area contributed by atoms with Crippen LogP contribution in [0.3, 0.4) is 0 Å². The number of thioether (sulfide) groups is 1. The summed E-state index contributed by atoms with van der Waals surface area (Å²) >= 11 is 4.12. The lowest BCUT2D eigenvalue weighted by Crippen LogP contribution is -2.36. The Kier molecular flexibility index (Phi) is 8.88. The average molecular weight is 588 g/mol. The van der Waals surface area contributed by atoms with Gasteiger partial charge in [0.15, 0.2) is 18.1 Å². The average Bonchev–Trinajstić information content (AvgIpc) is 3.50. The van der Waals surface area contributed by atoms with Crippen molar-refractivity contribution in [2.45, 2.75) is 19.8 Å². The largest absolute Gasteiger partial charge is 0.490 e. The molecule has 0 spiro atoms. The highest BCUT2D eigenvalue weighted by Gasteiger charge is 2.36. The standard InChI is InChI=1S/C26H26BrN3O6S/c1-2-35-21-13-17(9-10-20(21)36-16-24(32)29-11-5-6-12-29)14-22-25(33)30(26(34)37-22)15-23(31)28-19-8-4-3-7-18(19)27/h3-4,7-10,13-14H,2,5-6,11-12,15-16H2,1H3,(H,28,31)/b22-14-. The molecule has 194 valence electrons.